The summed E-state index contributed by atoms with van der Waals surface area (Å²) in [4.78, 5) is 4.03. The first kappa shape index (κ1) is 14.9. The third-order valence-corrected chi connectivity index (χ3v) is 5.38. The van der Waals surface area contributed by atoms with Gasteiger partial charge in [-0.3, -0.25) is 0 Å². The maximum Gasteiger partial charge on any atom is 0.241 e. The van der Waals surface area contributed by atoms with Gasteiger partial charge in [-0.05, 0) is 31.5 Å². The fourth-order valence-electron chi connectivity index (χ4n) is 1.75. The molecule has 2 rings (SSSR count). The smallest absolute Gasteiger partial charge is 0.241 e. The summed E-state index contributed by atoms with van der Waals surface area (Å²) in [7, 11) is -3.79. The molecular weight excluding hydrogens is 301 g/mol. The number of nitrogen functional groups attached to an aromatic ring is 1. The average Bonchev–Trinajstić information content (AvgIpc) is 2.86. The molecule has 0 amide bonds. The minimum absolute atomic E-state index is 0.0280. The van der Waals surface area contributed by atoms with Crippen molar-refractivity contribution in [2.45, 2.75) is 24.8 Å². The Labute approximate surface area is 120 Å². The van der Waals surface area contributed by atoms with Crippen LogP contribution in [-0.4, -0.2) is 13.4 Å². The molecular formula is C12H14FN3O2S2. The molecule has 2 aromatic rings. The number of thiazole rings is 1. The molecule has 0 bridgehead atoms. The molecule has 5 nitrogen and oxygen atoms in total. The summed E-state index contributed by atoms with van der Waals surface area (Å²) < 4.78 is 40.4. The summed E-state index contributed by atoms with van der Waals surface area (Å²) in [6.07, 6.45) is 1.60. The Morgan fingerprint density at radius 1 is 1.45 bits per heavy atom. The maximum absolute atomic E-state index is 13.3. The van der Waals surface area contributed by atoms with Crippen molar-refractivity contribution < 1.29 is 12.8 Å². The van der Waals surface area contributed by atoms with Crippen LogP contribution in [0, 0.1) is 12.7 Å². The quantitative estimate of drug-likeness (QED) is 0.847. The van der Waals surface area contributed by atoms with Gasteiger partial charge in [-0.1, -0.05) is 0 Å². The van der Waals surface area contributed by atoms with E-state index < -0.39 is 21.9 Å². The van der Waals surface area contributed by atoms with Crippen LogP contribution in [0.1, 0.15) is 23.5 Å². The van der Waals surface area contributed by atoms with Crippen molar-refractivity contribution in [1.29, 1.82) is 0 Å². The van der Waals surface area contributed by atoms with Gasteiger partial charge in [-0.25, -0.2) is 22.5 Å². The molecule has 0 saturated heterocycles. The number of anilines is 1. The first-order valence-electron chi connectivity index (χ1n) is 5.78. The van der Waals surface area contributed by atoms with E-state index in [4.69, 9.17) is 5.73 Å². The number of aryl methyl sites for hydroxylation is 1. The van der Waals surface area contributed by atoms with Crippen LogP contribution in [0.15, 0.2) is 28.6 Å². The molecule has 0 radical (unpaired) electrons. The number of nitrogens with zero attached hydrogens (tertiary/aromatic N) is 1. The van der Waals surface area contributed by atoms with Crippen LogP contribution in [0.3, 0.4) is 0 Å². The zero-order valence-electron chi connectivity index (χ0n) is 10.9. The van der Waals surface area contributed by atoms with E-state index in [0.717, 1.165) is 12.1 Å². The molecule has 0 saturated carbocycles. The first-order chi connectivity index (χ1) is 9.31. The maximum atomic E-state index is 13.3. The highest BCUT2D eigenvalue weighted by Crippen LogP contribution is 2.24. The van der Waals surface area contributed by atoms with Crippen molar-refractivity contribution in [3.63, 3.8) is 0 Å². The van der Waals surface area contributed by atoms with Gasteiger partial charge in [-0.15, -0.1) is 11.3 Å². The van der Waals surface area contributed by atoms with Crippen molar-refractivity contribution in [2.24, 2.45) is 0 Å². The number of sulfonamides is 1. The van der Waals surface area contributed by atoms with Gasteiger partial charge < -0.3 is 5.73 Å². The van der Waals surface area contributed by atoms with Gasteiger partial charge in [0.1, 0.15) is 10.8 Å². The Kier molecular flexibility index (Phi) is 4.07. The number of nitrogens with two attached hydrogens (primary N) is 1. The molecule has 0 aliphatic rings. The predicted molar refractivity (Wildman–Crippen MR) is 76.4 cm³/mol. The second kappa shape index (κ2) is 5.47. The Balaban J connectivity index is 2.34. The van der Waals surface area contributed by atoms with Crippen LogP contribution in [0.2, 0.25) is 0 Å². The minimum atomic E-state index is -3.79. The van der Waals surface area contributed by atoms with E-state index in [1.54, 1.807) is 18.5 Å². The number of benzene rings is 1. The summed E-state index contributed by atoms with van der Waals surface area (Å²) >= 11 is 1.35. The summed E-state index contributed by atoms with van der Waals surface area (Å²) in [6, 6.07) is 1.77. The molecule has 1 aromatic carbocycles. The zero-order chi connectivity index (χ0) is 14.9. The Morgan fingerprint density at radius 2 is 2.15 bits per heavy atom. The topological polar surface area (TPSA) is 85.1 Å². The molecule has 0 spiro atoms. The Bertz CT molecular complexity index is 715. The van der Waals surface area contributed by atoms with Crippen LogP contribution < -0.4 is 10.5 Å². The second-order valence-corrected chi connectivity index (χ2v) is 6.96. The molecule has 0 aliphatic heterocycles. The van der Waals surface area contributed by atoms with Gasteiger partial charge in [0.15, 0.2) is 0 Å². The molecule has 108 valence electrons. The van der Waals surface area contributed by atoms with Crippen molar-refractivity contribution in [2.75, 3.05) is 5.73 Å². The van der Waals surface area contributed by atoms with Gasteiger partial charge in [0.05, 0.1) is 16.6 Å². The molecule has 20 heavy (non-hydrogen) atoms. The van der Waals surface area contributed by atoms with Gasteiger partial charge in [0, 0.05) is 11.6 Å². The molecule has 3 N–H and O–H groups in total. The molecule has 1 unspecified atom stereocenters. The highest BCUT2D eigenvalue weighted by molar-refractivity contribution is 7.89. The first-order valence-corrected chi connectivity index (χ1v) is 8.15. The fourth-order valence-corrected chi connectivity index (χ4v) is 3.94. The van der Waals surface area contributed by atoms with E-state index in [1.807, 2.05) is 0 Å². The van der Waals surface area contributed by atoms with Crippen LogP contribution in [0.4, 0.5) is 10.1 Å². The molecule has 1 atom stereocenters. The van der Waals surface area contributed by atoms with Crippen molar-refractivity contribution in [1.82, 2.24) is 9.71 Å². The highest BCUT2D eigenvalue weighted by Gasteiger charge is 2.22. The lowest BCUT2D eigenvalue weighted by Gasteiger charge is -2.14. The van der Waals surface area contributed by atoms with Crippen LogP contribution in [-0.2, 0) is 10.0 Å². The van der Waals surface area contributed by atoms with E-state index in [1.165, 1.54) is 18.3 Å². The number of halogens is 1. The third-order valence-electron chi connectivity index (χ3n) is 2.74. The van der Waals surface area contributed by atoms with E-state index >= 15 is 0 Å². The molecule has 0 fully saturated rings. The Morgan fingerprint density at radius 3 is 2.75 bits per heavy atom. The Hall–Kier alpha value is -1.51. The van der Waals surface area contributed by atoms with E-state index in [-0.39, 0.29) is 10.6 Å². The summed E-state index contributed by atoms with van der Waals surface area (Å²) in [5, 5.41) is 2.42. The van der Waals surface area contributed by atoms with Gasteiger partial charge in [-0.2, -0.15) is 0 Å². The number of aromatic nitrogens is 1. The van der Waals surface area contributed by atoms with Crippen LogP contribution in [0.5, 0.6) is 0 Å². The van der Waals surface area contributed by atoms with E-state index in [0.29, 0.717) is 10.6 Å². The average molecular weight is 315 g/mol. The van der Waals surface area contributed by atoms with Crippen molar-refractivity contribution in [3.05, 3.63) is 40.1 Å². The summed E-state index contributed by atoms with van der Waals surface area (Å²) in [5.41, 5.74) is 5.54. The van der Waals surface area contributed by atoms with Crippen molar-refractivity contribution >= 4 is 27.0 Å². The molecule has 8 heteroatoms. The number of rotatable bonds is 4. The summed E-state index contributed by atoms with van der Waals surface area (Å²) in [6.45, 7) is 3.21. The lowest BCUT2D eigenvalue weighted by Crippen LogP contribution is -2.27. The zero-order valence-corrected chi connectivity index (χ0v) is 12.6. The van der Waals surface area contributed by atoms with E-state index in [2.05, 4.69) is 9.71 Å². The standard InChI is InChI=1S/C12H14FN3O2S2/c1-7-5-9(13)10(14)6-11(7)20(17,18)16-8(2)12-15-3-4-19-12/h3-6,8,16H,14H2,1-2H3. The minimum Gasteiger partial charge on any atom is -0.396 e. The lowest BCUT2D eigenvalue weighted by atomic mass is 10.2. The molecule has 1 aromatic heterocycles. The fraction of sp³-hybridized carbons (Fsp3) is 0.250. The third kappa shape index (κ3) is 2.97. The normalized spacial score (nSPS) is 13.3. The van der Waals surface area contributed by atoms with Crippen LogP contribution >= 0.6 is 11.3 Å². The van der Waals surface area contributed by atoms with Gasteiger partial charge in [0.2, 0.25) is 10.0 Å². The summed E-state index contributed by atoms with van der Waals surface area (Å²) in [5.74, 6) is -0.630. The van der Waals surface area contributed by atoms with Gasteiger partial charge >= 0.3 is 0 Å². The number of hydrogen-bond donors (Lipinski definition) is 2. The molecule has 1 heterocycles. The monoisotopic (exact) mass is 315 g/mol. The lowest BCUT2D eigenvalue weighted by molar-refractivity contribution is 0.565. The SMILES string of the molecule is Cc1cc(F)c(N)cc1S(=O)(=O)NC(C)c1nccs1. The van der Waals surface area contributed by atoms with E-state index in [9.17, 15) is 12.8 Å². The molecule has 0 aliphatic carbocycles. The second-order valence-electron chi connectivity index (χ2n) is 4.35. The number of hydrogen-bond acceptors (Lipinski definition) is 5. The largest absolute Gasteiger partial charge is 0.396 e. The number of nitrogens with one attached hydrogen (secondary N) is 1. The van der Waals surface area contributed by atoms with Crippen molar-refractivity contribution in [3.8, 4) is 0 Å². The van der Waals surface area contributed by atoms with Gasteiger partial charge in [0.25, 0.3) is 0 Å². The highest BCUT2D eigenvalue weighted by atomic mass is 32.2. The van der Waals surface area contributed by atoms with Crippen LogP contribution in [0.25, 0.3) is 0 Å². The predicted octanol–water partition coefficient (Wildman–Crippen LogP) is 2.21.